The number of hydrogen-bond acceptors (Lipinski definition) is 3. The predicted molar refractivity (Wildman–Crippen MR) is 92.0 cm³/mol. The largest absolute Gasteiger partial charge is 0.493 e. The number of carbonyl (C=O) groups excluding carboxylic acids is 2. The van der Waals surface area contributed by atoms with Crippen molar-refractivity contribution in [3.8, 4) is 5.75 Å². The highest BCUT2D eigenvalue weighted by Gasteiger charge is 2.33. The second kappa shape index (κ2) is 7.85. The number of para-hydroxylation sites is 1. The van der Waals surface area contributed by atoms with Crippen molar-refractivity contribution in [2.75, 3.05) is 20.2 Å². The quantitative estimate of drug-likeness (QED) is 0.890. The van der Waals surface area contributed by atoms with E-state index >= 15 is 0 Å². The van der Waals surface area contributed by atoms with Gasteiger partial charge in [-0.25, -0.2) is 4.39 Å². The number of amides is 2. The molecule has 5 nitrogen and oxygen atoms in total. The highest BCUT2D eigenvalue weighted by molar-refractivity contribution is 5.97. The Hall–Kier alpha value is -2.11. The fraction of sp³-hybridized carbons (Fsp3) is 0.579. The number of nitrogens with one attached hydrogen (secondary N) is 1. The summed E-state index contributed by atoms with van der Waals surface area (Å²) < 4.78 is 18.7. The van der Waals surface area contributed by atoms with Crippen molar-refractivity contribution in [2.24, 2.45) is 5.92 Å². The topological polar surface area (TPSA) is 58.6 Å². The van der Waals surface area contributed by atoms with Gasteiger partial charge in [0.25, 0.3) is 5.91 Å². The first-order valence-corrected chi connectivity index (χ1v) is 8.99. The van der Waals surface area contributed by atoms with E-state index in [2.05, 4.69) is 5.32 Å². The Labute approximate surface area is 147 Å². The minimum atomic E-state index is -0.573. The standard InChI is InChI=1S/C19H25FN2O3/c1-25-18-15(8-5-9-16(18)20)19(24)21-14-10-17(23)22(12-14)11-13-6-3-2-4-7-13/h5,8-9,13-14H,2-4,6-7,10-12H2,1H3,(H,21,24)/t14-/m0/s1. The van der Waals surface area contributed by atoms with Gasteiger partial charge in [-0.1, -0.05) is 25.3 Å². The Morgan fingerprint density at radius 3 is 2.80 bits per heavy atom. The Bertz CT molecular complexity index is 644. The summed E-state index contributed by atoms with van der Waals surface area (Å²) in [5.41, 5.74) is 0.153. The van der Waals surface area contributed by atoms with Crippen molar-refractivity contribution in [3.63, 3.8) is 0 Å². The fourth-order valence-electron chi connectivity index (χ4n) is 3.88. The van der Waals surface area contributed by atoms with Gasteiger partial charge in [0, 0.05) is 19.5 Å². The molecule has 0 radical (unpaired) electrons. The van der Waals surface area contributed by atoms with E-state index in [1.165, 1.54) is 57.4 Å². The maximum atomic E-state index is 13.7. The zero-order valence-electron chi connectivity index (χ0n) is 14.6. The number of rotatable bonds is 5. The van der Waals surface area contributed by atoms with Crippen molar-refractivity contribution >= 4 is 11.8 Å². The van der Waals surface area contributed by atoms with Gasteiger partial charge in [0.1, 0.15) is 0 Å². The molecule has 2 aliphatic rings. The van der Waals surface area contributed by atoms with Gasteiger partial charge < -0.3 is 15.0 Å². The van der Waals surface area contributed by atoms with Gasteiger partial charge in [0.2, 0.25) is 5.91 Å². The molecule has 1 aliphatic heterocycles. The number of benzene rings is 1. The van der Waals surface area contributed by atoms with E-state index in [0.29, 0.717) is 18.9 Å². The molecule has 1 heterocycles. The van der Waals surface area contributed by atoms with Crippen LogP contribution in [0.25, 0.3) is 0 Å². The highest BCUT2D eigenvalue weighted by atomic mass is 19.1. The smallest absolute Gasteiger partial charge is 0.255 e. The Kier molecular flexibility index (Phi) is 5.56. The Morgan fingerprint density at radius 1 is 1.32 bits per heavy atom. The van der Waals surface area contributed by atoms with Gasteiger partial charge in [-0.2, -0.15) is 0 Å². The maximum absolute atomic E-state index is 13.7. The van der Waals surface area contributed by atoms with Crippen LogP contribution in [0.5, 0.6) is 5.75 Å². The Morgan fingerprint density at radius 2 is 2.08 bits per heavy atom. The molecule has 1 aromatic carbocycles. The van der Waals surface area contributed by atoms with Gasteiger partial charge in [-0.05, 0) is 30.9 Å². The molecule has 136 valence electrons. The Balaban J connectivity index is 1.59. The minimum Gasteiger partial charge on any atom is -0.493 e. The van der Waals surface area contributed by atoms with E-state index in [9.17, 15) is 14.0 Å². The lowest BCUT2D eigenvalue weighted by molar-refractivity contribution is -0.128. The van der Waals surface area contributed by atoms with Crippen LogP contribution in [0, 0.1) is 11.7 Å². The van der Waals surface area contributed by atoms with E-state index in [1.807, 2.05) is 4.90 Å². The van der Waals surface area contributed by atoms with Gasteiger partial charge >= 0.3 is 0 Å². The second-order valence-corrected chi connectivity index (χ2v) is 7.00. The summed E-state index contributed by atoms with van der Waals surface area (Å²) in [4.78, 5) is 26.6. The monoisotopic (exact) mass is 348 g/mol. The molecule has 0 unspecified atom stereocenters. The van der Waals surface area contributed by atoms with E-state index in [-0.39, 0.29) is 23.3 Å². The van der Waals surface area contributed by atoms with Gasteiger partial charge in [0.15, 0.2) is 11.6 Å². The molecule has 0 bridgehead atoms. The van der Waals surface area contributed by atoms with Crippen molar-refractivity contribution in [2.45, 2.75) is 44.6 Å². The third kappa shape index (κ3) is 4.11. The molecule has 2 fully saturated rings. The molecule has 0 aromatic heterocycles. The number of ether oxygens (including phenoxy) is 1. The van der Waals surface area contributed by atoms with E-state index in [4.69, 9.17) is 4.74 Å². The predicted octanol–water partition coefficient (Wildman–Crippen LogP) is 2.75. The summed E-state index contributed by atoms with van der Waals surface area (Å²) in [6, 6.07) is 4.01. The number of likely N-dealkylation sites (tertiary alicyclic amines) is 1. The molecule has 3 rings (SSSR count). The lowest BCUT2D eigenvalue weighted by Crippen LogP contribution is -2.38. The molecule has 0 spiro atoms. The zero-order valence-corrected chi connectivity index (χ0v) is 14.6. The average molecular weight is 348 g/mol. The van der Waals surface area contributed by atoms with E-state index < -0.39 is 11.7 Å². The lowest BCUT2D eigenvalue weighted by Gasteiger charge is -2.27. The van der Waals surface area contributed by atoms with Gasteiger partial charge in [0.05, 0.1) is 18.7 Å². The molecule has 2 amide bonds. The molecular weight excluding hydrogens is 323 g/mol. The molecule has 1 N–H and O–H groups in total. The van der Waals surface area contributed by atoms with Crippen LogP contribution in [-0.2, 0) is 4.79 Å². The van der Waals surface area contributed by atoms with Gasteiger partial charge in [-0.3, -0.25) is 9.59 Å². The average Bonchev–Trinajstić information content (AvgIpc) is 2.94. The van der Waals surface area contributed by atoms with Crippen LogP contribution in [0.15, 0.2) is 18.2 Å². The molecular formula is C19H25FN2O3. The highest BCUT2D eigenvalue weighted by Crippen LogP contribution is 2.26. The van der Waals surface area contributed by atoms with Crippen LogP contribution in [-0.4, -0.2) is 43.0 Å². The number of carbonyl (C=O) groups is 2. The molecule has 1 aromatic rings. The number of nitrogens with zero attached hydrogens (tertiary/aromatic N) is 1. The third-order valence-corrected chi connectivity index (χ3v) is 5.17. The van der Waals surface area contributed by atoms with Crippen molar-refractivity contribution in [1.29, 1.82) is 0 Å². The molecule has 1 saturated heterocycles. The van der Waals surface area contributed by atoms with Crippen LogP contribution in [0.2, 0.25) is 0 Å². The first-order valence-electron chi connectivity index (χ1n) is 8.99. The third-order valence-electron chi connectivity index (χ3n) is 5.17. The van der Waals surface area contributed by atoms with Crippen molar-refractivity contribution in [1.82, 2.24) is 10.2 Å². The number of hydrogen-bond donors (Lipinski definition) is 1. The van der Waals surface area contributed by atoms with Crippen LogP contribution in [0.3, 0.4) is 0 Å². The molecule has 25 heavy (non-hydrogen) atoms. The normalized spacial score (nSPS) is 21.4. The lowest BCUT2D eigenvalue weighted by atomic mass is 9.89. The minimum absolute atomic E-state index is 0.0663. The molecule has 1 atom stereocenters. The van der Waals surface area contributed by atoms with E-state index in [0.717, 1.165) is 6.54 Å². The second-order valence-electron chi connectivity index (χ2n) is 7.00. The van der Waals surface area contributed by atoms with Crippen LogP contribution in [0.4, 0.5) is 4.39 Å². The number of halogens is 1. The molecule has 6 heteroatoms. The first kappa shape index (κ1) is 17.7. The van der Waals surface area contributed by atoms with Crippen molar-refractivity contribution in [3.05, 3.63) is 29.6 Å². The summed E-state index contributed by atoms with van der Waals surface area (Å²) in [5.74, 6) is -0.383. The molecule has 1 saturated carbocycles. The van der Waals surface area contributed by atoms with Gasteiger partial charge in [-0.15, -0.1) is 0 Å². The summed E-state index contributed by atoms with van der Waals surface area (Å²) in [7, 11) is 1.33. The SMILES string of the molecule is COc1c(F)cccc1C(=O)N[C@H]1CC(=O)N(CC2CCCCC2)C1. The van der Waals surface area contributed by atoms with E-state index in [1.54, 1.807) is 0 Å². The maximum Gasteiger partial charge on any atom is 0.255 e. The zero-order chi connectivity index (χ0) is 17.8. The first-order chi connectivity index (χ1) is 12.1. The summed E-state index contributed by atoms with van der Waals surface area (Å²) >= 11 is 0. The van der Waals surface area contributed by atoms with Crippen molar-refractivity contribution < 1.29 is 18.7 Å². The van der Waals surface area contributed by atoms with Crippen LogP contribution >= 0.6 is 0 Å². The van der Waals surface area contributed by atoms with Crippen LogP contribution < -0.4 is 10.1 Å². The number of methoxy groups -OCH3 is 1. The summed E-state index contributed by atoms with van der Waals surface area (Å²) in [5, 5.41) is 2.85. The fourth-order valence-corrected chi connectivity index (χ4v) is 3.88. The molecule has 1 aliphatic carbocycles. The summed E-state index contributed by atoms with van der Waals surface area (Å²) in [6.07, 6.45) is 6.44. The summed E-state index contributed by atoms with van der Waals surface area (Å²) in [6.45, 7) is 1.31. The van der Waals surface area contributed by atoms with Crippen LogP contribution in [0.1, 0.15) is 48.9 Å².